The number of methoxy groups -OCH3 is 1. The number of aromatic amines is 1. The molecule has 0 saturated carbocycles. The summed E-state index contributed by atoms with van der Waals surface area (Å²) in [5.41, 5.74) is 0.0576. The van der Waals surface area contributed by atoms with Crippen LogP contribution in [0.3, 0.4) is 0 Å². The molecule has 1 aliphatic rings. The molecule has 0 bridgehead atoms. The summed E-state index contributed by atoms with van der Waals surface area (Å²) in [5.74, 6) is -0.562. The number of aliphatic hydroxyl groups excluding tert-OH is 1. The molecule has 0 aromatic carbocycles. The lowest BCUT2D eigenvalue weighted by Crippen LogP contribution is -2.33. The molecular formula is C20H29N5O6. The van der Waals surface area contributed by atoms with Crippen molar-refractivity contribution >= 4 is 5.97 Å². The fraction of sp³-hybridized carbons (Fsp3) is 0.650. The highest BCUT2D eigenvalue weighted by molar-refractivity contribution is 5.88. The number of hydrogen-bond donors (Lipinski definition) is 2. The number of carbonyl (C=O) groups excluding carboxylic acids is 1. The van der Waals surface area contributed by atoms with E-state index in [1.165, 1.54) is 22.6 Å². The first-order valence-corrected chi connectivity index (χ1v) is 10.5. The normalized spacial score (nSPS) is 20.8. The van der Waals surface area contributed by atoms with E-state index in [-0.39, 0.29) is 18.7 Å². The van der Waals surface area contributed by atoms with Gasteiger partial charge in [0.25, 0.3) is 5.56 Å². The molecule has 2 aromatic heterocycles. The highest BCUT2D eigenvalue weighted by Crippen LogP contribution is 2.36. The molecule has 31 heavy (non-hydrogen) atoms. The SMILES string of the molecule is CCCCCCc1nnn([C@H]2C[C@H](n3cc(C)c(=O)[nH]c3=O)O[C@@H]2CO)c1C(=O)OC. The van der Waals surface area contributed by atoms with E-state index in [4.69, 9.17) is 9.47 Å². The van der Waals surface area contributed by atoms with E-state index in [0.717, 1.165) is 25.7 Å². The second-order valence-electron chi connectivity index (χ2n) is 7.73. The van der Waals surface area contributed by atoms with Gasteiger partial charge in [-0.25, -0.2) is 14.3 Å². The van der Waals surface area contributed by atoms with Crippen molar-refractivity contribution in [3.05, 3.63) is 44.0 Å². The number of nitrogens with zero attached hydrogens (tertiary/aromatic N) is 4. The molecule has 11 nitrogen and oxygen atoms in total. The standard InChI is InChI=1S/C20H29N5O6/c1-4-5-6-7-8-13-17(19(28)30-3)25(23-22-13)14-9-16(31-15(14)11-26)24-10-12(2)18(27)21-20(24)29/h10,14-16,26H,4-9,11H2,1-3H3,(H,21,27,29)/t14-,15+,16+/m0/s1. The number of unbranched alkanes of at least 4 members (excludes halogenated alkanes) is 3. The lowest BCUT2D eigenvalue weighted by Gasteiger charge is -2.17. The summed E-state index contributed by atoms with van der Waals surface area (Å²) >= 11 is 0. The minimum atomic E-state index is -0.743. The van der Waals surface area contributed by atoms with E-state index in [1.54, 1.807) is 6.92 Å². The van der Waals surface area contributed by atoms with Crippen molar-refractivity contribution in [3.8, 4) is 0 Å². The Labute approximate surface area is 179 Å². The zero-order valence-electron chi connectivity index (χ0n) is 18.0. The van der Waals surface area contributed by atoms with E-state index in [1.807, 2.05) is 0 Å². The van der Waals surface area contributed by atoms with Crippen LogP contribution < -0.4 is 11.2 Å². The minimum absolute atomic E-state index is 0.233. The molecule has 2 aromatic rings. The lowest BCUT2D eigenvalue weighted by molar-refractivity contribution is -0.0325. The van der Waals surface area contributed by atoms with Gasteiger partial charge in [0.15, 0.2) is 5.69 Å². The Morgan fingerprint density at radius 2 is 2.13 bits per heavy atom. The minimum Gasteiger partial charge on any atom is -0.464 e. The molecule has 3 atom stereocenters. The second kappa shape index (κ2) is 10.0. The zero-order valence-corrected chi connectivity index (χ0v) is 18.0. The smallest absolute Gasteiger partial charge is 0.358 e. The zero-order chi connectivity index (χ0) is 22.5. The van der Waals surface area contributed by atoms with Crippen LogP contribution in [-0.4, -0.2) is 55.4 Å². The topological polar surface area (TPSA) is 141 Å². The molecule has 1 aliphatic heterocycles. The summed E-state index contributed by atoms with van der Waals surface area (Å²) in [6.45, 7) is 3.36. The second-order valence-corrected chi connectivity index (χ2v) is 7.73. The van der Waals surface area contributed by atoms with Gasteiger partial charge in [0.2, 0.25) is 0 Å². The molecule has 1 fully saturated rings. The average Bonchev–Trinajstić information content (AvgIpc) is 3.37. The van der Waals surface area contributed by atoms with Crippen LogP contribution in [0.1, 0.15) is 73.0 Å². The number of ether oxygens (including phenoxy) is 2. The predicted molar refractivity (Wildman–Crippen MR) is 110 cm³/mol. The third-order valence-electron chi connectivity index (χ3n) is 5.56. The van der Waals surface area contributed by atoms with Crippen LogP contribution in [0.5, 0.6) is 0 Å². The molecule has 3 heterocycles. The maximum atomic E-state index is 12.5. The first-order chi connectivity index (χ1) is 14.9. The van der Waals surface area contributed by atoms with Crippen LogP contribution in [-0.2, 0) is 15.9 Å². The Hall–Kier alpha value is -2.79. The number of aromatic nitrogens is 5. The number of carbonyl (C=O) groups is 1. The van der Waals surface area contributed by atoms with Gasteiger partial charge in [0.05, 0.1) is 25.5 Å². The highest BCUT2D eigenvalue weighted by atomic mass is 16.5. The van der Waals surface area contributed by atoms with E-state index in [2.05, 4.69) is 22.2 Å². The number of aliphatic hydroxyl groups is 1. The fourth-order valence-corrected chi connectivity index (χ4v) is 3.86. The Morgan fingerprint density at radius 1 is 1.35 bits per heavy atom. The molecule has 2 N–H and O–H groups in total. The van der Waals surface area contributed by atoms with Gasteiger partial charge < -0.3 is 14.6 Å². The molecule has 0 amide bonds. The van der Waals surface area contributed by atoms with Gasteiger partial charge in [-0.05, 0) is 19.8 Å². The highest BCUT2D eigenvalue weighted by Gasteiger charge is 2.40. The van der Waals surface area contributed by atoms with Crippen LogP contribution in [0, 0.1) is 6.92 Å². The van der Waals surface area contributed by atoms with Crippen molar-refractivity contribution in [2.24, 2.45) is 0 Å². The van der Waals surface area contributed by atoms with Gasteiger partial charge in [0, 0.05) is 18.2 Å². The van der Waals surface area contributed by atoms with Gasteiger partial charge in [-0.15, -0.1) is 5.10 Å². The van der Waals surface area contributed by atoms with Crippen molar-refractivity contribution in [3.63, 3.8) is 0 Å². The summed E-state index contributed by atoms with van der Waals surface area (Å²) in [6.07, 6.45) is 4.88. The molecule has 11 heteroatoms. The van der Waals surface area contributed by atoms with Gasteiger partial charge in [-0.1, -0.05) is 31.4 Å². The quantitative estimate of drug-likeness (QED) is 0.436. The average molecular weight is 435 g/mol. The number of rotatable bonds is 9. The summed E-state index contributed by atoms with van der Waals surface area (Å²) in [7, 11) is 1.29. The molecule has 1 saturated heterocycles. The summed E-state index contributed by atoms with van der Waals surface area (Å²) in [6, 6.07) is -0.542. The van der Waals surface area contributed by atoms with Crippen molar-refractivity contribution in [1.82, 2.24) is 24.5 Å². The maximum absolute atomic E-state index is 12.5. The fourth-order valence-electron chi connectivity index (χ4n) is 3.86. The first-order valence-electron chi connectivity index (χ1n) is 10.5. The van der Waals surface area contributed by atoms with E-state index in [0.29, 0.717) is 17.7 Å². The van der Waals surface area contributed by atoms with Gasteiger partial charge in [-0.2, -0.15) is 0 Å². The van der Waals surface area contributed by atoms with Crippen LogP contribution >= 0.6 is 0 Å². The molecule has 0 aliphatic carbocycles. The maximum Gasteiger partial charge on any atom is 0.358 e. The van der Waals surface area contributed by atoms with E-state index >= 15 is 0 Å². The van der Waals surface area contributed by atoms with Crippen molar-refractivity contribution in [2.45, 2.75) is 70.7 Å². The summed E-state index contributed by atoms with van der Waals surface area (Å²) < 4.78 is 13.5. The van der Waals surface area contributed by atoms with Crippen molar-refractivity contribution in [1.29, 1.82) is 0 Å². The summed E-state index contributed by atoms with van der Waals surface area (Å²) in [5, 5.41) is 18.2. The van der Waals surface area contributed by atoms with Crippen LogP contribution in [0.2, 0.25) is 0 Å². The van der Waals surface area contributed by atoms with Gasteiger partial charge in [-0.3, -0.25) is 14.3 Å². The summed E-state index contributed by atoms with van der Waals surface area (Å²) in [4.78, 5) is 38.7. The van der Waals surface area contributed by atoms with Gasteiger partial charge in [0.1, 0.15) is 12.3 Å². The molecule has 0 unspecified atom stereocenters. The van der Waals surface area contributed by atoms with E-state index in [9.17, 15) is 19.5 Å². The van der Waals surface area contributed by atoms with Crippen LogP contribution in [0.15, 0.2) is 15.8 Å². The Bertz CT molecular complexity index is 1030. The monoisotopic (exact) mass is 435 g/mol. The Morgan fingerprint density at radius 3 is 2.81 bits per heavy atom. The van der Waals surface area contributed by atoms with Crippen LogP contribution in [0.4, 0.5) is 0 Å². The first kappa shape index (κ1) is 22.9. The number of aryl methyl sites for hydroxylation is 2. The lowest BCUT2D eigenvalue weighted by atomic mass is 10.1. The molecule has 3 rings (SSSR count). The Balaban J connectivity index is 1.91. The van der Waals surface area contributed by atoms with Gasteiger partial charge >= 0.3 is 11.7 Å². The molecule has 0 radical (unpaired) electrons. The molecule has 0 spiro atoms. The number of H-pyrrole nitrogens is 1. The predicted octanol–water partition coefficient (Wildman–Crippen LogP) is 0.867. The Kier molecular flexibility index (Phi) is 7.39. The van der Waals surface area contributed by atoms with Crippen molar-refractivity contribution in [2.75, 3.05) is 13.7 Å². The number of esters is 1. The third kappa shape index (κ3) is 4.77. The number of nitrogens with one attached hydrogen (secondary N) is 1. The molecule has 170 valence electrons. The third-order valence-corrected chi connectivity index (χ3v) is 5.56. The number of hydrogen-bond acceptors (Lipinski definition) is 8. The van der Waals surface area contributed by atoms with Crippen molar-refractivity contribution < 1.29 is 19.4 Å². The van der Waals surface area contributed by atoms with E-state index < -0.39 is 35.6 Å². The largest absolute Gasteiger partial charge is 0.464 e. The van der Waals surface area contributed by atoms with Crippen LogP contribution in [0.25, 0.3) is 0 Å². The molecular weight excluding hydrogens is 406 g/mol.